The number of hydrogen-bond donors (Lipinski definition) is 3. The summed E-state index contributed by atoms with van der Waals surface area (Å²) in [5.74, 6) is 0.743. The second kappa shape index (κ2) is 10.8. The van der Waals surface area contributed by atoms with Gasteiger partial charge in [-0.15, -0.1) is 0 Å². The largest absolute Gasteiger partial charge is 0.350 e. The average Bonchev–Trinajstić information content (AvgIpc) is 3.26. The number of carbonyl (C=O) groups is 2. The van der Waals surface area contributed by atoms with Crippen molar-refractivity contribution in [3.05, 3.63) is 95.3 Å². The van der Waals surface area contributed by atoms with Crippen LogP contribution in [-0.2, 0) is 17.6 Å². The molecule has 1 aromatic heterocycles. The lowest BCUT2D eigenvalue weighted by Crippen LogP contribution is -2.32. The molecule has 0 radical (unpaired) electrons. The van der Waals surface area contributed by atoms with Crippen LogP contribution in [0.4, 0.5) is 5.69 Å². The van der Waals surface area contributed by atoms with Crippen LogP contribution in [0.2, 0.25) is 0 Å². The van der Waals surface area contributed by atoms with Crippen LogP contribution in [0.3, 0.4) is 0 Å². The molecule has 0 aliphatic carbocycles. The molecule has 4 rings (SSSR count). The van der Waals surface area contributed by atoms with Crippen molar-refractivity contribution in [2.75, 3.05) is 5.32 Å². The summed E-state index contributed by atoms with van der Waals surface area (Å²) >= 11 is 0. The molecular formula is C28H30N4O2. The average molecular weight is 455 g/mol. The maximum absolute atomic E-state index is 12.8. The molecule has 0 saturated heterocycles. The molecule has 0 bridgehead atoms. The number of nitrogens with one attached hydrogen (secondary N) is 3. The number of nitrogens with zero attached hydrogens (tertiary/aromatic N) is 1. The zero-order valence-corrected chi connectivity index (χ0v) is 19.6. The van der Waals surface area contributed by atoms with Crippen molar-refractivity contribution >= 4 is 28.5 Å². The van der Waals surface area contributed by atoms with E-state index < -0.39 is 0 Å². The first-order valence-corrected chi connectivity index (χ1v) is 11.7. The fourth-order valence-electron chi connectivity index (χ4n) is 3.84. The van der Waals surface area contributed by atoms with E-state index >= 15 is 0 Å². The minimum absolute atomic E-state index is 0.00420. The van der Waals surface area contributed by atoms with E-state index in [2.05, 4.69) is 32.7 Å². The van der Waals surface area contributed by atoms with Gasteiger partial charge in [0.05, 0.1) is 11.0 Å². The molecule has 0 aliphatic rings. The van der Waals surface area contributed by atoms with Crippen molar-refractivity contribution < 1.29 is 9.59 Å². The predicted molar refractivity (Wildman–Crippen MR) is 136 cm³/mol. The molecule has 34 heavy (non-hydrogen) atoms. The Labute approximate surface area is 199 Å². The van der Waals surface area contributed by atoms with Crippen LogP contribution in [0.15, 0.2) is 72.8 Å². The Hall–Kier alpha value is -3.93. The number of hydrogen-bond acceptors (Lipinski definition) is 3. The van der Waals surface area contributed by atoms with Crippen LogP contribution in [0.5, 0.6) is 0 Å². The number of aromatic nitrogens is 2. The van der Waals surface area contributed by atoms with Gasteiger partial charge in [0.25, 0.3) is 5.91 Å². The maximum Gasteiger partial charge on any atom is 0.251 e. The van der Waals surface area contributed by atoms with Gasteiger partial charge in [-0.25, -0.2) is 4.98 Å². The van der Waals surface area contributed by atoms with Crippen molar-refractivity contribution in [1.82, 2.24) is 15.3 Å². The van der Waals surface area contributed by atoms with Crippen LogP contribution in [0.1, 0.15) is 54.0 Å². The van der Waals surface area contributed by atoms with Gasteiger partial charge in [0.15, 0.2) is 0 Å². The van der Waals surface area contributed by atoms with Gasteiger partial charge in [-0.2, -0.15) is 0 Å². The molecule has 3 N–H and O–H groups in total. The van der Waals surface area contributed by atoms with E-state index in [1.165, 1.54) is 5.56 Å². The molecule has 0 fully saturated rings. The summed E-state index contributed by atoms with van der Waals surface area (Å²) in [6, 6.07) is 23.7. The third-order valence-corrected chi connectivity index (χ3v) is 5.81. The zero-order chi connectivity index (χ0) is 23.9. The highest BCUT2D eigenvalue weighted by Crippen LogP contribution is 2.18. The third-order valence-electron chi connectivity index (χ3n) is 5.81. The summed E-state index contributed by atoms with van der Waals surface area (Å²) in [4.78, 5) is 32.3. The van der Waals surface area contributed by atoms with Crippen molar-refractivity contribution in [2.45, 2.75) is 45.6 Å². The SMILES string of the molecule is CCC(=O)Nc1ccc(Cc2nc3ccc(C(=O)NC(C)CCc4ccccc4)cc3[nH]2)cc1. The lowest BCUT2D eigenvalue weighted by molar-refractivity contribution is -0.115. The molecule has 1 atom stereocenters. The van der Waals surface area contributed by atoms with Gasteiger partial charge in [0.2, 0.25) is 5.91 Å². The monoisotopic (exact) mass is 454 g/mol. The highest BCUT2D eigenvalue weighted by atomic mass is 16.2. The normalized spacial score (nSPS) is 11.8. The number of H-pyrrole nitrogens is 1. The van der Waals surface area contributed by atoms with Crippen LogP contribution in [0, 0.1) is 0 Å². The summed E-state index contributed by atoms with van der Waals surface area (Å²) in [7, 11) is 0. The van der Waals surface area contributed by atoms with Crippen molar-refractivity contribution in [1.29, 1.82) is 0 Å². The molecule has 0 saturated carbocycles. The minimum Gasteiger partial charge on any atom is -0.350 e. The fraction of sp³-hybridized carbons (Fsp3) is 0.250. The second-order valence-electron chi connectivity index (χ2n) is 8.59. The summed E-state index contributed by atoms with van der Waals surface area (Å²) < 4.78 is 0. The van der Waals surface area contributed by atoms with Gasteiger partial charge in [-0.05, 0) is 61.2 Å². The van der Waals surface area contributed by atoms with Gasteiger partial charge in [0, 0.05) is 30.1 Å². The molecule has 0 spiro atoms. The number of aromatic amines is 1. The summed E-state index contributed by atoms with van der Waals surface area (Å²) in [6.07, 6.45) is 2.90. The molecule has 1 heterocycles. The summed E-state index contributed by atoms with van der Waals surface area (Å²) in [5, 5.41) is 5.95. The molecular weight excluding hydrogens is 424 g/mol. The van der Waals surface area contributed by atoms with E-state index in [-0.39, 0.29) is 17.9 Å². The standard InChI is InChI=1S/C28H30N4O2/c1-3-27(33)30-23-14-11-21(12-15-23)17-26-31-24-16-13-22(18-25(24)32-26)28(34)29-19(2)9-10-20-7-5-4-6-8-20/h4-8,11-16,18-19H,3,9-10,17H2,1-2H3,(H,29,34)(H,30,33)(H,31,32). The molecule has 2 amide bonds. The van der Waals surface area contributed by atoms with Crippen molar-refractivity contribution in [3.8, 4) is 0 Å². The first-order chi connectivity index (χ1) is 16.5. The van der Waals surface area contributed by atoms with Crippen LogP contribution in [-0.4, -0.2) is 27.8 Å². The number of anilines is 1. The molecule has 6 nitrogen and oxygen atoms in total. The Morgan fingerprint density at radius 2 is 1.74 bits per heavy atom. The molecule has 3 aromatic carbocycles. The lowest BCUT2D eigenvalue weighted by atomic mass is 10.1. The maximum atomic E-state index is 12.8. The van der Waals surface area contributed by atoms with E-state index in [1.807, 2.05) is 74.5 Å². The van der Waals surface area contributed by atoms with Gasteiger partial charge >= 0.3 is 0 Å². The second-order valence-corrected chi connectivity index (χ2v) is 8.59. The summed E-state index contributed by atoms with van der Waals surface area (Å²) in [6.45, 7) is 3.86. The molecule has 0 aliphatic heterocycles. The fourth-order valence-corrected chi connectivity index (χ4v) is 3.84. The Kier molecular flexibility index (Phi) is 7.38. The van der Waals surface area contributed by atoms with Crippen molar-refractivity contribution in [3.63, 3.8) is 0 Å². The smallest absolute Gasteiger partial charge is 0.251 e. The first-order valence-electron chi connectivity index (χ1n) is 11.7. The number of aryl methyl sites for hydroxylation is 1. The Balaban J connectivity index is 1.36. The van der Waals surface area contributed by atoms with Crippen LogP contribution in [0.25, 0.3) is 11.0 Å². The number of rotatable bonds is 9. The topological polar surface area (TPSA) is 86.9 Å². The highest BCUT2D eigenvalue weighted by molar-refractivity contribution is 5.97. The van der Waals surface area contributed by atoms with E-state index in [0.717, 1.165) is 41.0 Å². The number of imidazole rings is 1. The van der Waals surface area contributed by atoms with E-state index in [0.29, 0.717) is 18.4 Å². The van der Waals surface area contributed by atoms with Gasteiger partial charge in [-0.3, -0.25) is 9.59 Å². The van der Waals surface area contributed by atoms with E-state index in [4.69, 9.17) is 0 Å². The van der Waals surface area contributed by atoms with Gasteiger partial charge < -0.3 is 15.6 Å². The summed E-state index contributed by atoms with van der Waals surface area (Å²) in [5.41, 5.74) is 5.43. The van der Waals surface area contributed by atoms with E-state index in [9.17, 15) is 9.59 Å². The third kappa shape index (κ3) is 6.10. The predicted octanol–water partition coefficient (Wildman–Crippen LogP) is 5.25. The van der Waals surface area contributed by atoms with Crippen LogP contribution >= 0.6 is 0 Å². The Bertz CT molecular complexity index is 1260. The molecule has 6 heteroatoms. The number of amides is 2. The number of fused-ring (bicyclic) bond motifs is 1. The number of benzene rings is 3. The van der Waals surface area contributed by atoms with Gasteiger partial charge in [0.1, 0.15) is 5.82 Å². The van der Waals surface area contributed by atoms with Gasteiger partial charge in [-0.1, -0.05) is 49.4 Å². The number of carbonyl (C=O) groups excluding carboxylic acids is 2. The first kappa shape index (κ1) is 23.2. The van der Waals surface area contributed by atoms with Crippen molar-refractivity contribution in [2.24, 2.45) is 0 Å². The van der Waals surface area contributed by atoms with Crippen LogP contribution < -0.4 is 10.6 Å². The lowest BCUT2D eigenvalue weighted by Gasteiger charge is -2.14. The highest BCUT2D eigenvalue weighted by Gasteiger charge is 2.12. The Morgan fingerprint density at radius 1 is 0.971 bits per heavy atom. The molecule has 174 valence electrons. The van der Waals surface area contributed by atoms with E-state index in [1.54, 1.807) is 0 Å². The molecule has 4 aromatic rings. The molecule has 1 unspecified atom stereocenters. The zero-order valence-electron chi connectivity index (χ0n) is 19.6. The minimum atomic E-state index is -0.0803. The quantitative estimate of drug-likeness (QED) is 0.323. The Morgan fingerprint density at radius 3 is 2.47 bits per heavy atom.